The van der Waals surface area contributed by atoms with Crippen LogP contribution in [0.3, 0.4) is 0 Å². The monoisotopic (exact) mass is 233 g/mol. The first-order chi connectivity index (χ1) is 8.27. The molecule has 1 N–H and O–H groups in total. The van der Waals surface area contributed by atoms with E-state index in [1.807, 2.05) is 24.3 Å². The van der Waals surface area contributed by atoms with E-state index in [2.05, 4.69) is 31.8 Å². The molecule has 94 valence electrons. The number of para-hydroxylation sites is 1. The summed E-state index contributed by atoms with van der Waals surface area (Å²) in [5.74, 6) is 0.971. The Bertz CT molecular complexity index is 335. The quantitative estimate of drug-likeness (QED) is 0.550. The van der Waals surface area contributed by atoms with Crippen LogP contribution in [0.25, 0.3) is 0 Å². The summed E-state index contributed by atoms with van der Waals surface area (Å²) in [6.07, 6.45) is 3.90. The molecule has 0 saturated heterocycles. The highest BCUT2D eigenvalue weighted by molar-refractivity contribution is 5.34. The Kier molecular flexibility index (Phi) is 6.41. The fourth-order valence-corrected chi connectivity index (χ4v) is 1.58. The smallest absolute Gasteiger partial charge is 0.122 e. The normalized spacial score (nSPS) is 12.1. The Morgan fingerprint density at radius 3 is 2.88 bits per heavy atom. The second kappa shape index (κ2) is 7.91. The average molecular weight is 233 g/mol. The van der Waals surface area contributed by atoms with Crippen LogP contribution in [0.15, 0.2) is 36.9 Å². The third-order valence-electron chi connectivity index (χ3n) is 2.80. The highest BCUT2D eigenvalue weighted by Crippen LogP contribution is 2.18. The maximum atomic E-state index is 5.77. The van der Waals surface area contributed by atoms with Gasteiger partial charge in [0.05, 0.1) is 0 Å². The highest BCUT2D eigenvalue weighted by atomic mass is 16.5. The second-order valence-electron chi connectivity index (χ2n) is 4.21. The number of benzene rings is 1. The summed E-state index contributed by atoms with van der Waals surface area (Å²) in [5, 5.41) is 3.41. The first-order valence-electron chi connectivity index (χ1n) is 6.33. The van der Waals surface area contributed by atoms with E-state index in [-0.39, 0.29) is 0 Å². The number of ether oxygens (including phenoxy) is 1. The van der Waals surface area contributed by atoms with Crippen LogP contribution in [-0.4, -0.2) is 19.2 Å². The van der Waals surface area contributed by atoms with Crippen LogP contribution in [0.4, 0.5) is 0 Å². The summed E-state index contributed by atoms with van der Waals surface area (Å²) >= 11 is 0. The van der Waals surface area contributed by atoms with Crippen LogP contribution in [0.1, 0.15) is 25.8 Å². The third-order valence-corrected chi connectivity index (χ3v) is 2.80. The van der Waals surface area contributed by atoms with E-state index in [4.69, 9.17) is 4.74 Å². The largest absolute Gasteiger partial charge is 0.492 e. The summed E-state index contributed by atoms with van der Waals surface area (Å²) in [7, 11) is 0. The van der Waals surface area contributed by atoms with Gasteiger partial charge in [-0.3, -0.25) is 0 Å². The van der Waals surface area contributed by atoms with E-state index in [1.165, 1.54) is 5.56 Å². The molecule has 0 aliphatic rings. The lowest BCUT2D eigenvalue weighted by molar-refractivity contribution is 0.304. The molecule has 1 rings (SSSR count). The Morgan fingerprint density at radius 2 is 2.18 bits per heavy atom. The summed E-state index contributed by atoms with van der Waals surface area (Å²) in [4.78, 5) is 0. The first-order valence-corrected chi connectivity index (χ1v) is 6.33. The lowest BCUT2D eigenvalue weighted by Crippen LogP contribution is -2.29. The minimum Gasteiger partial charge on any atom is -0.492 e. The molecule has 0 bridgehead atoms. The molecule has 0 heterocycles. The van der Waals surface area contributed by atoms with Crippen molar-refractivity contribution in [3.05, 3.63) is 42.5 Å². The fourth-order valence-electron chi connectivity index (χ4n) is 1.58. The van der Waals surface area contributed by atoms with Crippen molar-refractivity contribution >= 4 is 0 Å². The Morgan fingerprint density at radius 1 is 1.41 bits per heavy atom. The number of rotatable bonds is 8. The zero-order chi connectivity index (χ0) is 12.5. The second-order valence-corrected chi connectivity index (χ2v) is 4.21. The average Bonchev–Trinajstić information content (AvgIpc) is 2.36. The van der Waals surface area contributed by atoms with E-state index >= 15 is 0 Å². The maximum Gasteiger partial charge on any atom is 0.122 e. The molecule has 0 unspecified atom stereocenters. The zero-order valence-electron chi connectivity index (χ0n) is 10.9. The van der Waals surface area contributed by atoms with Crippen molar-refractivity contribution in [3.8, 4) is 5.75 Å². The molecule has 1 atom stereocenters. The minimum absolute atomic E-state index is 0.557. The van der Waals surface area contributed by atoms with Gasteiger partial charge in [0.2, 0.25) is 0 Å². The van der Waals surface area contributed by atoms with Gasteiger partial charge in [0.25, 0.3) is 0 Å². The minimum atomic E-state index is 0.557. The van der Waals surface area contributed by atoms with Crippen LogP contribution in [-0.2, 0) is 6.42 Å². The van der Waals surface area contributed by atoms with Crippen LogP contribution in [0.5, 0.6) is 5.75 Å². The molecule has 1 aromatic rings. The number of hydrogen-bond acceptors (Lipinski definition) is 2. The van der Waals surface area contributed by atoms with E-state index < -0.39 is 0 Å². The van der Waals surface area contributed by atoms with Gasteiger partial charge >= 0.3 is 0 Å². The summed E-state index contributed by atoms with van der Waals surface area (Å²) in [6.45, 7) is 9.72. The molecule has 1 aromatic carbocycles. The molecule has 0 fully saturated rings. The SMILES string of the molecule is C=CCc1ccccc1OCCN[C@@H](C)CC. The molecule has 0 radical (unpaired) electrons. The number of allylic oxidation sites excluding steroid dienone is 1. The van der Waals surface area contributed by atoms with Crippen molar-refractivity contribution in [2.24, 2.45) is 0 Å². The van der Waals surface area contributed by atoms with Crippen LogP contribution in [0, 0.1) is 0 Å². The summed E-state index contributed by atoms with van der Waals surface area (Å²) < 4.78 is 5.77. The van der Waals surface area contributed by atoms with Gasteiger partial charge in [0.15, 0.2) is 0 Å². The molecule has 2 heteroatoms. The van der Waals surface area contributed by atoms with Gasteiger partial charge in [-0.25, -0.2) is 0 Å². The first kappa shape index (κ1) is 13.8. The maximum absolute atomic E-state index is 5.77. The van der Waals surface area contributed by atoms with Crippen LogP contribution >= 0.6 is 0 Å². The Balaban J connectivity index is 2.38. The lowest BCUT2D eigenvalue weighted by atomic mass is 10.1. The van der Waals surface area contributed by atoms with Crippen molar-refractivity contribution in [1.82, 2.24) is 5.32 Å². The highest BCUT2D eigenvalue weighted by Gasteiger charge is 2.01. The number of nitrogens with one attached hydrogen (secondary N) is 1. The Hall–Kier alpha value is -1.28. The van der Waals surface area contributed by atoms with Crippen molar-refractivity contribution < 1.29 is 4.74 Å². The molecule has 0 aromatic heterocycles. The van der Waals surface area contributed by atoms with Gasteiger partial charge in [0.1, 0.15) is 12.4 Å². The predicted molar refractivity (Wildman–Crippen MR) is 73.6 cm³/mol. The van der Waals surface area contributed by atoms with Crippen LogP contribution < -0.4 is 10.1 Å². The van der Waals surface area contributed by atoms with E-state index in [1.54, 1.807) is 0 Å². The van der Waals surface area contributed by atoms with Gasteiger partial charge in [-0.2, -0.15) is 0 Å². The number of hydrogen-bond donors (Lipinski definition) is 1. The van der Waals surface area contributed by atoms with Gasteiger partial charge in [-0.1, -0.05) is 31.2 Å². The third kappa shape index (κ3) is 5.05. The van der Waals surface area contributed by atoms with Gasteiger partial charge < -0.3 is 10.1 Å². The topological polar surface area (TPSA) is 21.3 Å². The fraction of sp³-hybridized carbons (Fsp3) is 0.467. The van der Waals surface area contributed by atoms with Gasteiger partial charge in [-0.15, -0.1) is 6.58 Å². The zero-order valence-corrected chi connectivity index (χ0v) is 10.9. The van der Waals surface area contributed by atoms with E-state index in [9.17, 15) is 0 Å². The van der Waals surface area contributed by atoms with Crippen molar-refractivity contribution in [2.45, 2.75) is 32.7 Å². The van der Waals surface area contributed by atoms with Crippen LogP contribution in [0.2, 0.25) is 0 Å². The lowest BCUT2D eigenvalue weighted by Gasteiger charge is -2.13. The molecular weight excluding hydrogens is 210 g/mol. The standard InChI is InChI=1S/C15H23NO/c1-4-8-14-9-6-7-10-15(14)17-12-11-16-13(3)5-2/h4,6-7,9-10,13,16H,1,5,8,11-12H2,2-3H3/t13-/m0/s1. The Labute approximate surface area is 105 Å². The summed E-state index contributed by atoms with van der Waals surface area (Å²) in [5.41, 5.74) is 1.20. The van der Waals surface area contributed by atoms with Crippen molar-refractivity contribution in [3.63, 3.8) is 0 Å². The molecule has 17 heavy (non-hydrogen) atoms. The van der Waals surface area contributed by atoms with E-state index in [0.717, 1.165) is 25.1 Å². The summed E-state index contributed by atoms with van der Waals surface area (Å²) in [6, 6.07) is 8.69. The van der Waals surface area contributed by atoms with Crippen molar-refractivity contribution in [1.29, 1.82) is 0 Å². The van der Waals surface area contributed by atoms with Crippen molar-refractivity contribution in [2.75, 3.05) is 13.2 Å². The van der Waals surface area contributed by atoms with E-state index in [0.29, 0.717) is 12.6 Å². The molecule has 0 saturated carbocycles. The molecule has 0 aliphatic heterocycles. The molecule has 2 nitrogen and oxygen atoms in total. The van der Waals surface area contributed by atoms with Gasteiger partial charge in [0, 0.05) is 12.6 Å². The predicted octanol–water partition coefficient (Wildman–Crippen LogP) is 3.18. The molecule has 0 amide bonds. The van der Waals surface area contributed by atoms with Gasteiger partial charge in [-0.05, 0) is 31.4 Å². The molecule has 0 aliphatic carbocycles. The molecular formula is C15H23NO. The molecule has 0 spiro atoms.